The fraction of sp³-hybridized carbons (Fsp3) is 0.455. The molecule has 0 aromatic heterocycles. The maximum atomic E-state index is 12.5. The molecule has 1 heterocycles. The average molecular weight is 399 g/mol. The summed E-state index contributed by atoms with van der Waals surface area (Å²) in [6, 6.07) is 3.64. The Morgan fingerprint density at radius 3 is 2.18 bits per heavy atom. The van der Waals surface area contributed by atoms with Gasteiger partial charge in [0, 0.05) is 6.54 Å². The smallest absolute Gasteiger partial charge is 0.253 e. The summed E-state index contributed by atoms with van der Waals surface area (Å²) in [7, 11) is -4.10. The molecule has 2 atom stereocenters. The van der Waals surface area contributed by atoms with Crippen LogP contribution < -0.4 is 0 Å². The van der Waals surface area contributed by atoms with Gasteiger partial charge in [0.25, 0.3) is 0 Å². The van der Waals surface area contributed by atoms with E-state index in [4.69, 9.17) is 34.8 Å². The molecule has 0 saturated carbocycles. The molecular weight excluding hydrogens is 390 g/mol. The van der Waals surface area contributed by atoms with Gasteiger partial charge in [-0.3, -0.25) is 4.18 Å². The lowest BCUT2D eigenvalue weighted by Crippen LogP contribution is -2.22. The summed E-state index contributed by atoms with van der Waals surface area (Å²) in [6.07, 6.45) is -4.44. The minimum atomic E-state index is -4.44. The van der Waals surface area contributed by atoms with Gasteiger partial charge in [-0.25, -0.2) is 0 Å². The van der Waals surface area contributed by atoms with Crippen LogP contribution in [-0.2, 0) is 20.7 Å². The van der Waals surface area contributed by atoms with Crippen LogP contribution in [0.3, 0.4) is 0 Å². The van der Waals surface area contributed by atoms with E-state index in [1.807, 2.05) is 0 Å². The number of benzene rings is 1. The van der Waals surface area contributed by atoms with Crippen molar-refractivity contribution in [3.63, 3.8) is 0 Å². The highest BCUT2D eigenvalue weighted by Crippen LogP contribution is 2.40. The molecule has 0 amide bonds. The first-order valence-electron chi connectivity index (χ1n) is 5.80. The Morgan fingerprint density at radius 1 is 1.18 bits per heavy atom. The van der Waals surface area contributed by atoms with E-state index in [-0.39, 0.29) is 6.54 Å². The van der Waals surface area contributed by atoms with Crippen LogP contribution in [0.1, 0.15) is 17.2 Å². The molecule has 11 heteroatoms. The Kier molecular flexibility index (Phi) is 4.93. The topological polar surface area (TPSA) is 46.4 Å². The van der Waals surface area contributed by atoms with E-state index in [9.17, 15) is 21.6 Å². The van der Waals surface area contributed by atoms with Crippen LogP contribution in [0, 0.1) is 0 Å². The molecule has 2 rings (SSSR count). The lowest BCUT2D eigenvalue weighted by molar-refractivity contribution is -0.137. The Labute approximate surface area is 139 Å². The molecule has 0 spiro atoms. The van der Waals surface area contributed by atoms with Gasteiger partial charge in [-0.1, -0.05) is 46.9 Å². The minimum Gasteiger partial charge on any atom is -0.253 e. The van der Waals surface area contributed by atoms with Crippen LogP contribution in [-0.4, -0.2) is 29.7 Å². The van der Waals surface area contributed by atoms with Crippen molar-refractivity contribution >= 4 is 45.1 Å². The minimum absolute atomic E-state index is 0.0908. The molecule has 1 aromatic rings. The molecule has 1 aliphatic heterocycles. The zero-order valence-electron chi connectivity index (χ0n) is 10.6. The van der Waals surface area contributed by atoms with Crippen molar-refractivity contribution in [3.8, 4) is 0 Å². The summed E-state index contributed by atoms with van der Waals surface area (Å²) in [5.74, 6) is 0. The van der Waals surface area contributed by atoms with Crippen LogP contribution in [0.25, 0.3) is 0 Å². The van der Waals surface area contributed by atoms with Crippen molar-refractivity contribution in [1.82, 2.24) is 4.31 Å². The van der Waals surface area contributed by atoms with Crippen molar-refractivity contribution in [2.45, 2.75) is 16.0 Å². The van der Waals surface area contributed by atoms with Gasteiger partial charge in [-0.05, 0) is 17.7 Å². The molecule has 0 radical (unpaired) electrons. The molecular formula is C11H9Cl3F3NO3S. The first kappa shape index (κ1) is 18.1. The Balaban J connectivity index is 2.03. The molecule has 2 unspecified atom stereocenters. The van der Waals surface area contributed by atoms with Gasteiger partial charge in [0.2, 0.25) is 3.79 Å². The molecule has 1 fully saturated rings. The van der Waals surface area contributed by atoms with Crippen molar-refractivity contribution in [1.29, 1.82) is 0 Å². The summed E-state index contributed by atoms with van der Waals surface area (Å²) in [5, 5.41) is 0. The van der Waals surface area contributed by atoms with Crippen molar-refractivity contribution < 1.29 is 25.8 Å². The van der Waals surface area contributed by atoms with Crippen LogP contribution in [0.2, 0.25) is 0 Å². The van der Waals surface area contributed by atoms with Crippen LogP contribution in [0.15, 0.2) is 24.3 Å². The Hall–Kier alpha value is -0.250. The zero-order valence-corrected chi connectivity index (χ0v) is 13.7. The molecule has 0 bridgehead atoms. The van der Waals surface area contributed by atoms with E-state index in [1.54, 1.807) is 0 Å². The van der Waals surface area contributed by atoms with Gasteiger partial charge in [0.1, 0.15) is 6.61 Å². The average Bonchev–Trinajstić information content (AvgIpc) is 3.16. The molecule has 22 heavy (non-hydrogen) atoms. The molecule has 0 aliphatic carbocycles. The highest BCUT2D eigenvalue weighted by atomic mass is 35.6. The van der Waals surface area contributed by atoms with E-state index >= 15 is 0 Å². The van der Waals surface area contributed by atoms with E-state index in [1.165, 1.54) is 12.1 Å². The molecule has 1 aliphatic rings. The van der Waals surface area contributed by atoms with Crippen molar-refractivity contribution in [3.05, 3.63) is 35.4 Å². The second-order valence-electron chi connectivity index (χ2n) is 4.54. The molecule has 1 aromatic carbocycles. The first-order valence-corrected chi connectivity index (χ1v) is 8.30. The van der Waals surface area contributed by atoms with Crippen molar-refractivity contribution in [2.75, 3.05) is 13.2 Å². The van der Waals surface area contributed by atoms with Crippen LogP contribution in [0.5, 0.6) is 0 Å². The maximum absolute atomic E-state index is 12.5. The predicted molar refractivity (Wildman–Crippen MR) is 76.1 cm³/mol. The number of alkyl halides is 6. The van der Waals surface area contributed by atoms with Gasteiger partial charge in [-0.2, -0.15) is 25.9 Å². The van der Waals surface area contributed by atoms with E-state index in [0.717, 1.165) is 16.4 Å². The van der Waals surface area contributed by atoms with Crippen LogP contribution in [0.4, 0.5) is 13.2 Å². The Bertz CT molecular complexity index is 643. The second-order valence-corrected chi connectivity index (χ2v) is 8.62. The fourth-order valence-corrected chi connectivity index (χ4v) is 3.32. The SMILES string of the molecule is O=S(=O)(OCC(Cl)(Cl)Cl)N1CC1c1ccc(C(F)(F)F)cc1. The van der Waals surface area contributed by atoms with Crippen LogP contribution >= 0.6 is 34.8 Å². The number of hydrogen-bond donors (Lipinski definition) is 0. The Morgan fingerprint density at radius 2 is 1.73 bits per heavy atom. The monoisotopic (exact) mass is 397 g/mol. The summed E-state index contributed by atoms with van der Waals surface area (Å²) in [5.41, 5.74) is -0.382. The fourth-order valence-electron chi connectivity index (χ4n) is 1.75. The number of halogens is 6. The third-order valence-electron chi connectivity index (χ3n) is 2.85. The molecule has 124 valence electrons. The highest BCUT2D eigenvalue weighted by molar-refractivity contribution is 7.84. The first-order chi connectivity index (χ1) is 9.90. The maximum Gasteiger partial charge on any atom is 0.416 e. The number of hydrogen-bond acceptors (Lipinski definition) is 3. The zero-order chi connectivity index (χ0) is 16.8. The van der Waals surface area contributed by atoms with E-state index in [0.29, 0.717) is 5.56 Å². The van der Waals surface area contributed by atoms with Gasteiger partial charge in [0.05, 0.1) is 11.6 Å². The summed E-state index contributed by atoms with van der Waals surface area (Å²) >= 11 is 16.2. The second kappa shape index (κ2) is 5.99. The molecule has 0 N–H and O–H groups in total. The van der Waals surface area contributed by atoms with Gasteiger partial charge in [0.15, 0.2) is 0 Å². The van der Waals surface area contributed by atoms with Gasteiger partial charge >= 0.3 is 16.5 Å². The third kappa shape index (κ3) is 4.62. The van der Waals surface area contributed by atoms with E-state index in [2.05, 4.69) is 4.18 Å². The van der Waals surface area contributed by atoms with E-state index < -0.39 is 38.5 Å². The number of nitrogens with zero attached hydrogens (tertiary/aromatic N) is 1. The van der Waals surface area contributed by atoms with Gasteiger partial charge in [-0.15, -0.1) is 0 Å². The lowest BCUT2D eigenvalue weighted by Gasteiger charge is -2.12. The third-order valence-corrected chi connectivity index (χ3v) is 4.57. The quantitative estimate of drug-likeness (QED) is 0.574. The van der Waals surface area contributed by atoms with Crippen molar-refractivity contribution in [2.24, 2.45) is 0 Å². The van der Waals surface area contributed by atoms with Gasteiger partial charge < -0.3 is 0 Å². The summed E-state index contributed by atoms with van der Waals surface area (Å²) < 4.78 is 64.6. The molecule has 4 nitrogen and oxygen atoms in total. The summed E-state index contributed by atoms with van der Waals surface area (Å²) in [6.45, 7) is -0.566. The number of rotatable bonds is 4. The normalized spacial score (nSPS) is 22.6. The summed E-state index contributed by atoms with van der Waals surface area (Å²) in [4.78, 5) is 0. The standard InChI is InChI=1S/C11H9Cl3F3NO3S/c12-10(13,14)6-21-22(19,20)18-5-9(18)7-1-3-8(4-2-7)11(15,16)17/h1-4,9H,5-6H2. The largest absolute Gasteiger partial charge is 0.416 e. The highest BCUT2D eigenvalue weighted by Gasteiger charge is 2.46. The predicted octanol–water partition coefficient (Wildman–Crippen LogP) is 3.69. The molecule has 1 saturated heterocycles. The lowest BCUT2D eigenvalue weighted by atomic mass is 10.1.